The molecule has 0 saturated heterocycles. The lowest BCUT2D eigenvalue weighted by molar-refractivity contribution is -0.138. The van der Waals surface area contributed by atoms with Gasteiger partial charge in [0.15, 0.2) is 0 Å². The number of hydrogen-bond acceptors (Lipinski definition) is 3. The number of hydrogen-bond donors (Lipinski definition) is 1. The molecule has 0 heterocycles. The molecule has 0 aliphatic heterocycles. The summed E-state index contributed by atoms with van der Waals surface area (Å²) in [4.78, 5) is 20.7. The first kappa shape index (κ1) is 22.0. The number of esters is 1. The van der Waals surface area contributed by atoms with Gasteiger partial charge in [-0.05, 0) is 18.4 Å². The van der Waals surface area contributed by atoms with Gasteiger partial charge in [-0.2, -0.15) is 0 Å². The van der Waals surface area contributed by atoms with Crippen molar-refractivity contribution in [2.45, 2.75) is 79.6 Å². The molecule has 0 aliphatic rings. The SMILES string of the molecule is CC/C=C(/CC)OC(C)=O.CCCCCC(C)CC(=O)O. The van der Waals surface area contributed by atoms with Crippen LogP contribution in [-0.4, -0.2) is 17.0 Å². The fourth-order valence-electron chi connectivity index (χ4n) is 1.81. The predicted octanol–water partition coefficient (Wildman–Crippen LogP) is 4.93. The number of carbonyl (C=O) groups is 2. The van der Waals surface area contributed by atoms with Gasteiger partial charge in [-0.3, -0.25) is 9.59 Å². The smallest absolute Gasteiger partial charge is 0.307 e. The molecule has 21 heavy (non-hydrogen) atoms. The highest BCUT2D eigenvalue weighted by molar-refractivity contribution is 5.67. The summed E-state index contributed by atoms with van der Waals surface area (Å²) < 4.78 is 4.86. The van der Waals surface area contributed by atoms with Crippen molar-refractivity contribution < 1.29 is 19.4 Å². The second-order valence-electron chi connectivity index (χ2n) is 5.22. The Labute approximate surface area is 129 Å². The Morgan fingerprint density at radius 1 is 1.19 bits per heavy atom. The number of unbranched alkanes of at least 4 members (excludes halogenated alkanes) is 2. The van der Waals surface area contributed by atoms with Crippen molar-refractivity contribution in [2.24, 2.45) is 5.92 Å². The molecule has 1 unspecified atom stereocenters. The normalized spacial score (nSPS) is 12.1. The lowest BCUT2D eigenvalue weighted by Gasteiger charge is -2.06. The Kier molecular flexibility index (Phi) is 15.8. The van der Waals surface area contributed by atoms with E-state index in [1.54, 1.807) is 0 Å². The topological polar surface area (TPSA) is 63.6 Å². The van der Waals surface area contributed by atoms with Gasteiger partial charge < -0.3 is 9.84 Å². The number of rotatable bonds is 9. The summed E-state index contributed by atoms with van der Waals surface area (Å²) in [6, 6.07) is 0. The number of allylic oxidation sites excluding steroid dienone is 2. The summed E-state index contributed by atoms with van der Waals surface area (Å²) in [5, 5.41) is 8.44. The van der Waals surface area contributed by atoms with E-state index in [1.165, 1.54) is 26.2 Å². The molecule has 0 spiro atoms. The van der Waals surface area contributed by atoms with Crippen molar-refractivity contribution in [3.63, 3.8) is 0 Å². The molecule has 1 N–H and O–H groups in total. The van der Waals surface area contributed by atoms with Crippen LogP contribution in [0.1, 0.15) is 79.6 Å². The zero-order valence-corrected chi connectivity index (χ0v) is 14.3. The Hall–Kier alpha value is -1.32. The molecular formula is C17H32O4. The standard InChI is InChI=1S/C9H18O2.C8H14O2/c1-3-4-5-6-8(2)7-9(10)11;1-4-6-8(5-2)10-7(3)9/h8H,3-7H2,1-2H3,(H,10,11);6H,4-5H2,1-3H3/b;8-6-. The minimum absolute atomic E-state index is 0.235. The van der Waals surface area contributed by atoms with Crippen molar-refractivity contribution in [3.05, 3.63) is 11.8 Å². The van der Waals surface area contributed by atoms with Crippen LogP contribution in [0.3, 0.4) is 0 Å². The van der Waals surface area contributed by atoms with Gasteiger partial charge in [0.25, 0.3) is 0 Å². The Bertz CT molecular complexity index is 308. The van der Waals surface area contributed by atoms with E-state index >= 15 is 0 Å². The molecule has 4 nitrogen and oxygen atoms in total. The molecule has 0 aromatic heterocycles. The van der Waals surface area contributed by atoms with Gasteiger partial charge in [0.1, 0.15) is 5.76 Å². The van der Waals surface area contributed by atoms with E-state index in [0.29, 0.717) is 12.3 Å². The van der Waals surface area contributed by atoms with Crippen molar-refractivity contribution in [3.8, 4) is 0 Å². The van der Waals surface area contributed by atoms with Crippen LogP contribution in [0.2, 0.25) is 0 Å². The maximum Gasteiger partial charge on any atom is 0.307 e. The summed E-state index contributed by atoms with van der Waals surface area (Å²) >= 11 is 0. The Balaban J connectivity index is 0. The van der Waals surface area contributed by atoms with Crippen LogP contribution in [0.25, 0.3) is 0 Å². The van der Waals surface area contributed by atoms with Gasteiger partial charge in [0, 0.05) is 19.8 Å². The molecule has 0 radical (unpaired) electrons. The van der Waals surface area contributed by atoms with Crippen LogP contribution in [0.15, 0.2) is 11.8 Å². The third-order valence-electron chi connectivity index (χ3n) is 2.88. The third kappa shape index (κ3) is 18.7. The number of carbonyl (C=O) groups excluding carboxylic acids is 1. The van der Waals surface area contributed by atoms with Crippen LogP contribution < -0.4 is 0 Å². The second-order valence-corrected chi connectivity index (χ2v) is 5.22. The molecule has 0 aromatic rings. The number of carboxylic acid groups (broad SMARTS) is 1. The highest BCUT2D eigenvalue weighted by Gasteiger charge is 2.05. The molecule has 0 bridgehead atoms. The summed E-state index contributed by atoms with van der Waals surface area (Å²) in [5.41, 5.74) is 0. The zero-order valence-electron chi connectivity index (χ0n) is 14.3. The monoisotopic (exact) mass is 300 g/mol. The molecule has 1 atom stereocenters. The van der Waals surface area contributed by atoms with Crippen LogP contribution in [0.4, 0.5) is 0 Å². The average molecular weight is 300 g/mol. The largest absolute Gasteiger partial charge is 0.481 e. The number of ether oxygens (including phenoxy) is 1. The zero-order chi connectivity index (χ0) is 16.7. The summed E-state index contributed by atoms with van der Waals surface area (Å²) in [6.45, 7) is 9.55. The molecular weight excluding hydrogens is 268 g/mol. The Morgan fingerprint density at radius 2 is 1.81 bits per heavy atom. The maximum absolute atomic E-state index is 10.4. The van der Waals surface area contributed by atoms with Crippen molar-refractivity contribution >= 4 is 11.9 Å². The summed E-state index contributed by atoms with van der Waals surface area (Å²) in [6.07, 6.45) is 8.60. The number of carboxylic acids is 1. The lowest BCUT2D eigenvalue weighted by Crippen LogP contribution is -2.03. The average Bonchev–Trinajstić information content (AvgIpc) is 2.38. The van der Waals surface area contributed by atoms with E-state index in [4.69, 9.17) is 9.84 Å². The molecule has 0 fully saturated rings. The van der Waals surface area contributed by atoms with E-state index in [1.807, 2.05) is 26.8 Å². The van der Waals surface area contributed by atoms with Gasteiger partial charge in [0.05, 0.1) is 0 Å². The van der Waals surface area contributed by atoms with Gasteiger partial charge in [-0.1, -0.05) is 53.4 Å². The van der Waals surface area contributed by atoms with E-state index in [-0.39, 0.29) is 5.97 Å². The van der Waals surface area contributed by atoms with Gasteiger partial charge >= 0.3 is 11.9 Å². The van der Waals surface area contributed by atoms with Crippen LogP contribution in [0.5, 0.6) is 0 Å². The third-order valence-corrected chi connectivity index (χ3v) is 2.88. The number of aliphatic carboxylic acids is 1. The van der Waals surface area contributed by atoms with E-state index in [9.17, 15) is 9.59 Å². The minimum atomic E-state index is -0.672. The summed E-state index contributed by atoms with van der Waals surface area (Å²) in [5.74, 6) is 0.213. The molecule has 0 amide bonds. The van der Waals surface area contributed by atoms with Gasteiger partial charge in [-0.25, -0.2) is 0 Å². The van der Waals surface area contributed by atoms with E-state index < -0.39 is 5.97 Å². The van der Waals surface area contributed by atoms with Crippen molar-refractivity contribution in [1.82, 2.24) is 0 Å². The van der Waals surface area contributed by atoms with Crippen LogP contribution in [0, 0.1) is 5.92 Å². The fourth-order valence-corrected chi connectivity index (χ4v) is 1.81. The molecule has 0 aliphatic carbocycles. The van der Waals surface area contributed by atoms with Crippen molar-refractivity contribution in [1.29, 1.82) is 0 Å². The fraction of sp³-hybridized carbons (Fsp3) is 0.765. The van der Waals surface area contributed by atoms with Crippen LogP contribution in [-0.2, 0) is 14.3 Å². The van der Waals surface area contributed by atoms with E-state index in [2.05, 4.69) is 6.92 Å². The van der Waals surface area contributed by atoms with Gasteiger partial charge in [-0.15, -0.1) is 0 Å². The van der Waals surface area contributed by atoms with E-state index in [0.717, 1.165) is 25.0 Å². The first-order valence-corrected chi connectivity index (χ1v) is 7.96. The van der Waals surface area contributed by atoms with Gasteiger partial charge in [0.2, 0.25) is 0 Å². The lowest BCUT2D eigenvalue weighted by atomic mass is 10.0. The highest BCUT2D eigenvalue weighted by atomic mass is 16.5. The summed E-state index contributed by atoms with van der Waals surface area (Å²) in [7, 11) is 0. The molecule has 124 valence electrons. The maximum atomic E-state index is 10.4. The molecule has 0 aromatic carbocycles. The first-order valence-electron chi connectivity index (χ1n) is 7.96. The quantitative estimate of drug-likeness (QED) is 0.372. The second kappa shape index (κ2) is 15.1. The van der Waals surface area contributed by atoms with Crippen molar-refractivity contribution in [2.75, 3.05) is 0 Å². The minimum Gasteiger partial charge on any atom is -0.481 e. The predicted molar refractivity (Wildman–Crippen MR) is 86.0 cm³/mol. The molecule has 4 heteroatoms. The van der Waals surface area contributed by atoms with Crippen LogP contribution >= 0.6 is 0 Å². The highest BCUT2D eigenvalue weighted by Crippen LogP contribution is 2.12. The molecule has 0 saturated carbocycles. The first-order chi connectivity index (χ1) is 9.87. The Morgan fingerprint density at radius 3 is 2.19 bits per heavy atom. The molecule has 0 rings (SSSR count).